The van der Waals surface area contributed by atoms with E-state index in [1.54, 1.807) is 0 Å². The summed E-state index contributed by atoms with van der Waals surface area (Å²) in [5.74, 6) is 1.42. The Kier molecular flexibility index (Phi) is 4.17. The first-order chi connectivity index (χ1) is 8.29. The maximum atomic E-state index is 5.69. The second-order valence-corrected chi connectivity index (χ2v) is 4.76. The lowest BCUT2D eigenvalue weighted by atomic mass is 10.3. The molecule has 4 nitrogen and oxygen atoms in total. The molecule has 0 aliphatic carbocycles. The fourth-order valence-electron chi connectivity index (χ4n) is 1.28. The molecule has 0 N–H and O–H groups in total. The second kappa shape index (κ2) is 5.84. The van der Waals surface area contributed by atoms with Crippen LogP contribution in [0.5, 0.6) is 11.5 Å². The smallest absolute Gasteiger partial charge is 0.207 e. The Morgan fingerprint density at radius 1 is 1.18 bits per heavy atom. The predicted molar refractivity (Wildman–Crippen MR) is 66.9 cm³/mol. The number of halogens is 1. The number of ether oxygens (including phenoxy) is 2. The number of para-hydroxylation sites is 2. The number of nitrogens with zero attached hydrogens (tertiary/aromatic N) is 2. The SMILES string of the molecule is CCOc1ccccc1OCc1nnc(Cl)s1. The van der Waals surface area contributed by atoms with Crippen LogP contribution < -0.4 is 9.47 Å². The van der Waals surface area contributed by atoms with E-state index in [-0.39, 0.29) is 0 Å². The molecule has 0 radical (unpaired) electrons. The molecule has 0 aliphatic heterocycles. The summed E-state index contributed by atoms with van der Waals surface area (Å²) in [7, 11) is 0. The van der Waals surface area contributed by atoms with Crippen LogP contribution in [0.25, 0.3) is 0 Å². The van der Waals surface area contributed by atoms with E-state index in [0.717, 1.165) is 10.8 Å². The van der Waals surface area contributed by atoms with Gasteiger partial charge in [-0.2, -0.15) is 0 Å². The summed E-state index contributed by atoms with van der Waals surface area (Å²) < 4.78 is 11.5. The number of hydrogen-bond donors (Lipinski definition) is 0. The zero-order valence-corrected chi connectivity index (χ0v) is 10.8. The van der Waals surface area contributed by atoms with Gasteiger partial charge in [-0.3, -0.25) is 0 Å². The fraction of sp³-hybridized carbons (Fsp3) is 0.273. The maximum absolute atomic E-state index is 5.69. The predicted octanol–water partition coefficient (Wildman–Crippen LogP) is 3.17. The number of benzene rings is 1. The van der Waals surface area contributed by atoms with Crippen LogP contribution >= 0.6 is 22.9 Å². The Labute approximate surface area is 108 Å². The lowest BCUT2D eigenvalue weighted by Gasteiger charge is -2.09. The molecule has 1 aromatic heterocycles. The van der Waals surface area contributed by atoms with Gasteiger partial charge in [0.05, 0.1) is 6.61 Å². The molecular weight excluding hydrogens is 260 g/mol. The molecule has 0 atom stereocenters. The summed E-state index contributed by atoms with van der Waals surface area (Å²) in [6.45, 7) is 2.88. The third kappa shape index (κ3) is 3.31. The van der Waals surface area contributed by atoms with Crippen LogP contribution in [0, 0.1) is 0 Å². The minimum absolute atomic E-state index is 0.342. The Morgan fingerprint density at radius 2 is 1.88 bits per heavy atom. The monoisotopic (exact) mass is 270 g/mol. The van der Waals surface area contributed by atoms with Gasteiger partial charge < -0.3 is 9.47 Å². The minimum Gasteiger partial charge on any atom is -0.490 e. The molecular formula is C11H11ClN2O2S. The zero-order chi connectivity index (χ0) is 12.1. The van der Waals surface area contributed by atoms with Gasteiger partial charge in [0, 0.05) is 0 Å². The summed E-state index contributed by atoms with van der Waals surface area (Å²) in [5.41, 5.74) is 0. The van der Waals surface area contributed by atoms with Gasteiger partial charge in [0.1, 0.15) is 6.61 Å². The molecule has 0 fully saturated rings. The molecule has 2 rings (SSSR count). The Bertz CT molecular complexity index is 490. The van der Waals surface area contributed by atoms with E-state index in [2.05, 4.69) is 10.2 Å². The second-order valence-electron chi connectivity index (χ2n) is 3.12. The normalized spacial score (nSPS) is 10.2. The van der Waals surface area contributed by atoms with Crippen LogP contribution in [0.3, 0.4) is 0 Å². The number of aromatic nitrogens is 2. The van der Waals surface area contributed by atoms with Crippen molar-refractivity contribution in [3.63, 3.8) is 0 Å². The van der Waals surface area contributed by atoms with Crippen LogP contribution in [-0.2, 0) is 6.61 Å². The van der Waals surface area contributed by atoms with Gasteiger partial charge in [-0.05, 0) is 30.7 Å². The maximum Gasteiger partial charge on any atom is 0.207 e. The molecule has 0 saturated carbocycles. The standard InChI is InChI=1S/C11H11ClN2O2S/c1-2-15-8-5-3-4-6-9(8)16-7-10-13-14-11(12)17-10/h3-6H,2,7H2,1H3. The molecule has 17 heavy (non-hydrogen) atoms. The summed E-state index contributed by atoms with van der Waals surface area (Å²) >= 11 is 6.99. The van der Waals surface area contributed by atoms with E-state index in [0.29, 0.717) is 23.4 Å². The number of rotatable bonds is 5. The lowest BCUT2D eigenvalue weighted by Crippen LogP contribution is -1.99. The van der Waals surface area contributed by atoms with Gasteiger partial charge >= 0.3 is 0 Å². The summed E-state index contributed by atoms with van der Waals surface area (Å²) in [5, 5.41) is 8.32. The van der Waals surface area contributed by atoms with Crippen molar-refractivity contribution >= 4 is 22.9 Å². The molecule has 0 unspecified atom stereocenters. The molecule has 1 heterocycles. The van der Waals surface area contributed by atoms with Crippen molar-refractivity contribution in [1.29, 1.82) is 0 Å². The van der Waals surface area contributed by atoms with Gasteiger partial charge in [0.2, 0.25) is 4.47 Å². The highest BCUT2D eigenvalue weighted by atomic mass is 35.5. The summed E-state index contributed by atoms with van der Waals surface area (Å²) in [6, 6.07) is 7.52. The van der Waals surface area contributed by atoms with Gasteiger partial charge in [-0.25, -0.2) is 0 Å². The molecule has 1 aromatic carbocycles. The molecule has 0 amide bonds. The van der Waals surface area contributed by atoms with E-state index < -0.39 is 0 Å². The largest absolute Gasteiger partial charge is 0.490 e. The average molecular weight is 271 g/mol. The Hall–Kier alpha value is -1.33. The highest BCUT2D eigenvalue weighted by molar-refractivity contribution is 7.15. The molecule has 6 heteroatoms. The van der Waals surface area contributed by atoms with Gasteiger partial charge in [-0.1, -0.05) is 23.5 Å². The molecule has 2 aromatic rings. The first-order valence-corrected chi connectivity index (χ1v) is 6.31. The molecule has 90 valence electrons. The van der Waals surface area contributed by atoms with Crippen molar-refractivity contribution in [2.45, 2.75) is 13.5 Å². The zero-order valence-electron chi connectivity index (χ0n) is 9.22. The van der Waals surface area contributed by atoms with Gasteiger partial charge in [0.25, 0.3) is 0 Å². The lowest BCUT2D eigenvalue weighted by molar-refractivity contribution is 0.268. The van der Waals surface area contributed by atoms with Gasteiger partial charge in [-0.15, -0.1) is 10.2 Å². The number of hydrogen-bond acceptors (Lipinski definition) is 5. The quantitative estimate of drug-likeness (QED) is 0.837. The van der Waals surface area contributed by atoms with E-state index in [1.165, 1.54) is 11.3 Å². The van der Waals surface area contributed by atoms with E-state index in [9.17, 15) is 0 Å². The first kappa shape index (κ1) is 12.1. The van der Waals surface area contributed by atoms with Gasteiger partial charge in [0.15, 0.2) is 16.5 Å². The molecule has 0 bridgehead atoms. The van der Waals surface area contributed by atoms with Crippen molar-refractivity contribution in [1.82, 2.24) is 10.2 Å². The third-order valence-corrected chi connectivity index (χ3v) is 2.93. The fourth-order valence-corrected chi connectivity index (χ4v) is 2.06. The Morgan fingerprint density at radius 3 is 2.47 bits per heavy atom. The summed E-state index contributed by atoms with van der Waals surface area (Å²) in [6.07, 6.45) is 0. The highest BCUT2D eigenvalue weighted by Gasteiger charge is 2.06. The van der Waals surface area contributed by atoms with Crippen LogP contribution in [-0.4, -0.2) is 16.8 Å². The van der Waals surface area contributed by atoms with Crippen LogP contribution in [0.4, 0.5) is 0 Å². The van der Waals surface area contributed by atoms with Crippen LogP contribution in [0.1, 0.15) is 11.9 Å². The summed E-state index contributed by atoms with van der Waals surface area (Å²) in [4.78, 5) is 0. The van der Waals surface area contributed by atoms with Crippen LogP contribution in [0.15, 0.2) is 24.3 Å². The van der Waals surface area contributed by atoms with Crippen molar-refractivity contribution in [3.8, 4) is 11.5 Å². The topological polar surface area (TPSA) is 44.2 Å². The van der Waals surface area contributed by atoms with Crippen LogP contribution in [0.2, 0.25) is 4.47 Å². The average Bonchev–Trinajstić information content (AvgIpc) is 2.74. The third-order valence-electron chi connectivity index (χ3n) is 1.94. The van der Waals surface area contributed by atoms with Crippen molar-refractivity contribution < 1.29 is 9.47 Å². The van der Waals surface area contributed by atoms with E-state index in [1.807, 2.05) is 31.2 Å². The Balaban J connectivity index is 2.03. The highest BCUT2D eigenvalue weighted by Crippen LogP contribution is 2.27. The van der Waals surface area contributed by atoms with Crippen molar-refractivity contribution in [3.05, 3.63) is 33.7 Å². The van der Waals surface area contributed by atoms with E-state index in [4.69, 9.17) is 21.1 Å². The van der Waals surface area contributed by atoms with E-state index >= 15 is 0 Å². The molecule has 0 spiro atoms. The van der Waals surface area contributed by atoms with Crippen molar-refractivity contribution in [2.75, 3.05) is 6.61 Å². The first-order valence-electron chi connectivity index (χ1n) is 5.12. The molecule has 0 saturated heterocycles. The molecule has 0 aliphatic rings. The minimum atomic E-state index is 0.342. The van der Waals surface area contributed by atoms with Crippen molar-refractivity contribution in [2.24, 2.45) is 0 Å².